The van der Waals surface area contributed by atoms with Crippen molar-refractivity contribution in [1.82, 2.24) is 0 Å². The van der Waals surface area contributed by atoms with Crippen LogP contribution in [0.15, 0.2) is 20.9 Å². The van der Waals surface area contributed by atoms with E-state index in [9.17, 15) is 0 Å². The minimum Gasteiger partial charge on any atom is 0 e. The molecule has 4 heteroatoms. The highest BCUT2D eigenvalue weighted by Crippen LogP contribution is 1.89. The van der Waals surface area contributed by atoms with Crippen molar-refractivity contribution < 1.29 is 0 Å². The summed E-state index contributed by atoms with van der Waals surface area (Å²) in [5.74, 6) is 0. The van der Waals surface area contributed by atoms with Crippen molar-refractivity contribution in [2.24, 2.45) is 20.9 Å². The first kappa shape index (κ1) is 1.51. The summed E-state index contributed by atoms with van der Waals surface area (Å²) >= 11 is 0. The molecule has 1 rings (SSSR count). The van der Waals surface area contributed by atoms with Gasteiger partial charge in [0.1, 0.15) is 0 Å². The first-order valence-electron chi connectivity index (χ1n) is 0.800. The molecule has 20 valence electrons. The van der Waals surface area contributed by atoms with Crippen molar-refractivity contribution in [2.75, 3.05) is 0 Å². The monoisotopic (exact) mass is 56.0 g/mol. The minimum atomic E-state index is 3.00. The lowest BCUT2D eigenvalue weighted by molar-refractivity contribution is 0.722. The molecule has 0 aromatic carbocycles. The summed E-state index contributed by atoms with van der Waals surface area (Å²) in [6.07, 6.45) is 0. The van der Waals surface area contributed by atoms with Gasteiger partial charge in [0.15, 0.2) is 0 Å². The van der Waals surface area contributed by atoms with E-state index >= 15 is 0 Å². The van der Waals surface area contributed by atoms with E-state index in [1.165, 1.54) is 0 Å². The average molecular weight is 56.0 g/mol. The van der Waals surface area contributed by atoms with Gasteiger partial charge in [-0.1, -0.05) is 0 Å². The highest BCUT2D eigenvalue weighted by atomic mass is 15.7. The topological polar surface area (TPSA) is 49.4 Å². The quantitative estimate of drug-likeness (QED) is 0.393. The lowest BCUT2D eigenvalue weighted by Crippen LogP contribution is -1.52. The van der Waals surface area contributed by atoms with Crippen LogP contribution in [0.2, 0.25) is 0 Å². The van der Waals surface area contributed by atoms with Crippen molar-refractivity contribution in [2.45, 2.75) is 0 Å². The highest BCUT2D eigenvalue weighted by Gasteiger charge is 1.71. The van der Waals surface area contributed by atoms with Crippen molar-refractivity contribution in [3.63, 3.8) is 0 Å². The van der Waals surface area contributed by atoms with Crippen LogP contribution in [0.25, 0.3) is 0 Å². The van der Waals surface area contributed by atoms with Gasteiger partial charge in [0.2, 0.25) is 0 Å². The second-order valence-electron chi connectivity index (χ2n) is 0.358. The summed E-state index contributed by atoms with van der Waals surface area (Å²) in [6, 6.07) is 0. The Hall–Kier alpha value is -0.800. The van der Waals surface area contributed by atoms with Crippen LogP contribution in [0.1, 0.15) is 0 Å². The molecule has 0 atom stereocenters. The van der Waals surface area contributed by atoms with Crippen molar-refractivity contribution in [3.8, 4) is 0 Å². The average Bonchev–Trinajstić information content (AvgIpc) is 0.722. The Balaban J connectivity index is 2.67. The van der Waals surface area contributed by atoms with Gasteiger partial charge in [-0.3, -0.25) is 0 Å². The van der Waals surface area contributed by atoms with E-state index in [4.69, 9.17) is 0 Å². The summed E-state index contributed by atoms with van der Waals surface area (Å²) < 4.78 is 0. The standard InChI is InChI=1S/N4/c1-2-4-3-1. The van der Waals surface area contributed by atoms with Gasteiger partial charge in [-0.05, 0) is 0 Å². The third-order valence-electron chi connectivity index (χ3n) is 0.160. The number of hydrogen-bond acceptors (Lipinski definition) is 4. The molecule has 0 saturated carbocycles. The Morgan fingerprint density at radius 3 is 0.750 bits per heavy atom. The van der Waals surface area contributed by atoms with Gasteiger partial charge < -0.3 is 0 Å². The van der Waals surface area contributed by atoms with Gasteiger partial charge in [0.05, 0.1) is 0 Å². The van der Waals surface area contributed by atoms with Crippen LogP contribution in [0.4, 0.5) is 0 Å². The van der Waals surface area contributed by atoms with Crippen LogP contribution < -0.4 is 0 Å². The predicted molar refractivity (Wildman–Crippen MR) is 9.71 cm³/mol. The van der Waals surface area contributed by atoms with E-state index in [1.807, 2.05) is 0 Å². The Bertz CT molecular complexity index is 40.4. The maximum atomic E-state index is 3.00. The van der Waals surface area contributed by atoms with Crippen molar-refractivity contribution >= 4 is 0 Å². The van der Waals surface area contributed by atoms with Gasteiger partial charge in [-0.15, -0.1) is 0 Å². The SMILES string of the molecule is N1=NN=N1. The third-order valence-corrected chi connectivity index (χ3v) is 0.160. The second-order valence-corrected chi connectivity index (χ2v) is 0.358. The second kappa shape index (κ2) is 0.309. The number of rotatable bonds is 0. The van der Waals surface area contributed by atoms with Crippen LogP contribution in [0, 0.1) is 0 Å². The molecule has 1 aliphatic heterocycles. The molecule has 0 bridgehead atoms. The van der Waals surface area contributed by atoms with Gasteiger partial charge >= 0.3 is 0 Å². The minimum absolute atomic E-state index is 3.00. The normalized spacial score (nSPS) is 16.0. The fourth-order valence-electron chi connectivity index (χ4n) is 0.0400. The van der Waals surface area contributed by atoms with Gasteiger partial charge in [0.25, 0.3) is 0 Å². The van der Waals surface area contributed by atoms with Crippen LogP contribution in [0.3, 0.4) is 0 Å². The molecule has 0 spiro atoms. The fourth-order valence-corrected chi connectivity index (χ4v) is 0.0400. The van der Waals surface area contributed by atoms with Crippen LogP contribution in [0.5, 0.6) is 0 Å². The molecule has 0 radical (unpaired) electrons. The molecule has 1 heterocycles. The summed E-state index contributed by atoms with van der Waals surface area (Å²) in [7, 11) is 0. The molecule has 0 saturated heterocycles. The zero-order chi connectivity index (χ0) is 2.83. The summed E-state index contributed by atoms with van der Waals surface area (Å²) in [5.41, 5.74) is 0. The van der Waals surface area contributed by atoms with E-state index in [2.05, 4.69) is 20.9 Å². The molecule has 1 aliphatic rings. The van der Waals surface area contributed by atoms with Crippen LogP contribution in [-0.4, -0.2) is 0 Å². The lowest BCUT2D eigenvalue weighted by Gasteiger charge is -1.71. The highest BCUT2D eigenvalue weighted by molar-refractivity contribution is 4.14. The third kappa shape index (κ3) is 0.00469. The van der Waals surface area contributed by atoms with E-state index < -0.39 is 0 Å². The van der Waals surface area contributed by atoms with Crippen molar-refractivity contribution in [3.05, 3.63) is 0 Å². The lowest BCUT2D eigenvalue weighted by atomic mass is 12.3. The maximum absolute atomic E-state index is 3.00. The van der Waals surface area contributed by atoms with Gasteiger partial charge in [0, 0.05) is 20.9 Å². The summed E-state index contributed by atoms with van der Waals surface area (Å²) in [5, 5.41) is 12.0. The molecule has 0 aliphatic carbocycles. The molecule has 4 heavy (non-hydrogen) atoms. The Kier molecular flexibility index (Phi) is 0.117. The Morgan fingerprint density at radius 2 is 0.750 bits per heavy atom. The first-order valence-corrected chi connectivity index (χ1v) is 0.800. The van der Waals surface area contributed by atoms with E-state index in [0.717, 1.165) is 0 Å². The Morgan fingerprint density at radius 1 is 0.500 bits per heavy atom. The molecule has 0 aromatic rings. The molecule has 0 N–H and O–H groups in total. The van der Waals surface area contributed by atoms with E-state index in [1.54, 1.807) is 0 Å². The molecular weight excluding hydrogens is 56.0 g/mol. The number of hydrogen-bond donors (Lipinski definition) is 0. The van der Waals surface area contributed by atoms with E-state index in [0.29, 0.717) is 0 Å². The van der Waals surface area contributed by atoms with Gasteiger partial charge in [-0.25, -0.2) is 0 Å². The molecule has 4 nitrogen and oxygen atoms in total. The summed E-state index contributed by atoms with van der Waals surface area (Å²) in [4.78, 5) is 0. The van der Waals surface area contributed by atoms with E-state index in [-0.39, 0.29) is 0 Å². The van der Waals surface area contributed by atoms with Crippen molar-refractivity contribution in [1.29, 1.82) is 0 Å². The van der Waals surface area contributed by atoms with Crippen LogP contribution in [-0.2, 0) is 0 Å². The smallest absolute Gasteiger partial charge is 0 e. The molecule has 0 aromatic heterocycles. The zero-order valence-electron chi connectivity index (χ0n) is 1.79. The molecular formula is N4. The molecule has 0 unspecified atom stereocenters. The number of nitrogens with zero attached hydrogens (tertiary/aromatic N) is 4. The van der Waals surface area contributed by atoms with Crippen LogP contribution >= 0.6 is 0 Å². The fraction of sp³-hybridized carbons (Fsp3) is 0. The van der Waals surface area contributed by atoms with Gasteiger partial charge in [-0.2, -0.15) is 0 Å². The molecule has 0 amide bonds. The Labute approximate surface area is 22.2 Å². The largest absolute Gasteiger partial charge is 0 e. The predicted octanol–water partition coefficient (Wildman–Crippen LogP) is 0.734. The zero-order valence-corrected chi connectivity index (χ0v) is 1.79. The molecule has 0 fully saturated rings. The summed E-state index contributed by atoms with van der Waals surface area (Å²) in [6.45, 7) is 0. The first-order chi connectivity index (χ1) is 2.00. The maximum Gasteiger partial charge on any atom is 0 e.